The van der Waals surface area contributed by atoms with Crippen LogP contribution in [0.5, 0.6) is 0 Å². The van der Waals surface area contributed by atoms with Crippen molar-refractivity contribution < 1.29 is 9.53 Å². The summed E-state index contributed by atoms with van der Waals surface area (Å²) in [7, 11) is 4.12. The second-order valence-corrected chi connectivity index (χ2v) is 6.23. The first-order valence-electron chi connectivity index (χ1n) is 7.93. The van der Waals surface area contributed by atoms with Crippen LogP contribution < -0.4 is 5.32 Å². The van der Waals surface area contributed by atoms with Gasteiger partial charge in [-0.15, -0.1) is 12.4 Å². The summed E-state index contributed by atoms with van der Waals surface area (Å²) in [5.41, 5.74) is 0. The molecule has 5 nitrogen and oxygen atoms in total. The van der Waals surface area contributed by atoms with Crippen LogP contribution >= 0.6 is 12.4 Å². The number of morpholine rings is 1. The second-order valence-electron chi connectivity index (χ2n) is 6.23. The quantitative estimate of drug-likeness (QED) is 0.797. The number of rotatable bonds is 6. The summed E-state index contributed by atoms with van der Waals surface area (Å²) in [5.74, 6) is 0.271. The van der Waals surface area contributed by atoms with E-state index in [4.69, 9.17) is 4.74 Å². The van der Waals surface area contributed by atoms with Gasteiger partial charge < -0.3 is 19.9 Å². The van der Waals surface area contributed by atoms with Gasteiger partial charge in [-0.25, -0.2) is 0 Å². The summed E-state index contributed by atoms with van der Waals surface area (Å²) in [5, 5.41) is 3.29. The molecule has 2 fully saturated rings. The van der Waals surface area contributed by atoms with E-state index in [1.807, 2.05) is 0 Å². The zero-order valence-electron chi connectivity index (χ0n) is 13.3. The molecule has 1 heterocycles. The lowest BCUT2D eigenvalue weighted by molar-refractivity contribution is -0.137. The Balaban J connectivity index is 0.00000220. The molecule has 21 heavy (non-hydrogen) atoms. The molecule has 0 spiro atoms. The van der Waals surface area contributed by atoms with Crippen molar-refractivity contribution in [2.45, 2.75) is 44.2 Å². The Labute approximate surface area is 134 Å². The monoisotopic (exact) mass is 319 g/mol. The number of carbonyl (C=O) groups is 1. The minimum absolute atomic E-state index is 0. The average Bonchev–Trinajstić information content (AvgIpc) is 2.93. The minimum atomic E-state index is 0. The Bertz CT molecular complexity index is 303. The number of nitrogens with one attached hydrogen (secondary N) is 1. The number of carbonyl (C=O) groups excluding carboxylic acids is 1. The molecule has 1 saturated heterocycles. The van der Waals surface area contributed by atoms with Gasteiger partial charge in [-0.05, 0) is 26.9 Å². The lowest BCUT2D eigenvalue weighted by Crippen LogP contribution is -2.46. The van der Waals surface area contributed by atoms with Gasteiger partial charge in [0, 0.05) is 32.2 Å². The van der Waals surface area contributed by atoms with Gasteiger partial charge in [0.05, 0.1) is 19.1 Å². The summed E-state index contributed by atoms with van der Waals surface area (Å²) in [4.78, 5) is 16.9. The number of ether oxygens (including phenoxy) is 1. The predicted octanol–water partition coefficient (Wildman–Crippen LogP) is 1.12. The smallest absolute Gasteiger partial charge is 0.225 e. The third-order valence-corrected chi connectivity index (χ3v) is 4.28. The topological polar surface area (TPSA) is 44.8 Å². The lowest BCUT2D eigenvalue weighted by Gasteiger charge is -2.32. The Kier molecular flexibility index (Phi) is 8.56. The summed E-state index contributed by atoms with van der Waals surface area (Å²) in [6.45, 7) is 4.21. The fraction of sp³-hybridized carbons (Fsp3) is 0.933. The van der Waals surface area contributed by atoms with Crippen LogP contribution in [0.2, 0.25) is 0 Å². The summed E-state index contributed by atoms with van der Waals surface area (Å²) in [6.07, 6.45) is 5.44. The van der Waals surface area contributed by atoms with E-state index in [2.05, 4.69) is 29.2 Å². The number of amides is 1. The highest BCUT2D eigenvalue weighted by Gasteiger charge is 2.28. The molecule has 0 bridgehead atoms. The minimum Gasteiger partial charge on any atom is -0.375 e. The van der Waals surface area contributed by atoms with Crippen molar-refractivity contribution in [3.63, 3.8) is 0 Å². The van der Waals surface area contributed by atoms with Crippen molar-refractivity contribution in [1.82, 2.24) is 15.1 Å². The van der Waals surface area contributed by atoms with Crippen molar-refractivity contribution in [2.24, 2.45) is 0 Å². The molecule has 1 saturated carbocycles. The molecule has 0 aromatic carbocycles. The van der Waals surface area contributed by atoms with Gasteiger partial charge in [-0.1, -0.05) is 12.8 Å². The molecule has 1 aliphatic heterocycles. The molecule has 1 unspecified atom stereocenters. The normalized spacial score (nSPS) is 23.1. The number of hydrogen-bond donors (Lipinski definition) is 1. The van der Waals surface area contributed by atoms with Crippen molar-refractivity contribution in [1.29, 1.82) is 0 Å². The van der Waals surface area contributed by atoms with Crippen LogP contribution in [0, 0.1) is 0 Å². The van der Waals surface area contributed by atoms with E-state index in [1.54, 1.807) is 0 Å². The van der Waals surface area contributed by atoms with Crippen LogP contribution in [-0.2, 0) is 9.53 Å². The molecule has 6 heteroatoms. The Morgan fingerprint density at radius 2 is 1.95 bits per heavy atom. The van der Waals surface area contributed by atoms with Crippen LogP contribution in [0.3, 0.4) is 0 Å². The van der Waals surface area contributed by atoms with Gasteiger partial charge in [-0.3, -0.25) is 4.79 Å². The number of halogens is 1. The predicted molar refractivity (Wildman–Crippen MR) is 87.0 cm³/mol. The SMILES string of the molecule is CN(C)CCN(C(=O)CC1CNCCO1)C1CCCC1.Cl. The van der Waals surface area contributed by atoms with Crippen LogP contribution in [0.4, 0.5) is 0 Å². The molecule has 1 N–H and O–H groups in total. The van der Waals surface area contributed by atoms with Crippen molar-refractivity contribution >= 4 is 18.3 Å². The summed E-state index contributed by atoms with van der Waals surface area (Å²) >= 11 is 0. The van der Waals surface area contributed by atoms with Crippen molar-refractivity contribution in [2.75, 3.05) is 46.9 Å². The standard InChI is InChI=1S/C15H29N3O2.ClH/c1-17(2)8-9-18(13-5-3-4-6-13)15(19)11-14-12-16-7-10-20-14;/h13-14,16H,3-12H2,1-2H3;1H. The van der Waals surface area contributed by atoms with E-state index < -0.39 is 0 Å². The Morgan fingerprint density at radius 3 is 2.52 bits per heavy atom. The molecule has 1 aliphatic carbocycles. The largest absolute Gasteiger partial charge is 0.375 e. The molecule has 124 valence electrons. The summed E-state index contributed by atoms with van der Waals surface area (Å²) < 4.78 is 5.67. The molecule has 2 aliphatic rings. The van der Waals surface area contributed by atoms with Crippen LogP contribution in [-0.4, -0.2) is 74.7 Å². The fourth-order valence-corrected chi connectivity index (χ4v) is 3.10. The highest BCUT2D eigenvalue weighted by molar-refractivity contribution is 5.85. The molecule has 0 aromatic rings. The van der Waals surface area contributed by atoms with E-state index in [9.17, 15) is 4.79 Å². The van der Waals surface area contributed by atoms with Gasteiger partial charge in [0.25, 0.3) is 0 Å². The maximum absolute atomic E-state index is 12.6. The molecule has 0 radical (unpaired) electrons. The maximum atomic E-state index is 12.6. The third kappa shape index (κ3) is 6.10. The van der Waals surface area contributed by atoms with E-state index >= 15 is 0 Å². The lowest BCUT2D eigenvalue weighted by atomic mass is 10.1. The van der Waals surface area contributed by atoms with Gasteiger partial charge in [0.1, 0.15) is 0 Å². The second kappa shape index (κ2) is 9.62. The van der Waals surface area contributed by atoms with E-state index in [-0.39, 0.29) is 24.4 Å². The van der Waals surface area contributed by atoms with E-state index in [0.29, 0.717) is 12.5 Å². The first-order chi connectivity index (χ1) is 9.66. The van der Waals surface area contributed by atoms with Gasteiger partial charge in [0.2, 0.25) is 5.91 Å². The van der Waals surface area contributed by atoms with Crippen LogP contribution in [0.15, 0.2) is 0 Å². The number of likely N-dealkylation sites (N-methyl/N-ethyl adjacent to an activating group) is 1. The summed E-state index contributed by atoms with van der Waals surface area (Å²) in [6, 6.07) is 0.457. The first kappa shape index (κ1) is 18.7. The number of hydrogen-bond acceptors (Lipinski definition) is 4. The van der Waals surface area contributed by atoms with E-state index in [0.717, 1.165) is 32.8 Å². The zero-order chi connectivity index (χ0) is 14.4. The van der Waals surface area contributed by atoms with Gasteiger partial charge >= 0.3 is 0 Å². The number of nitrogens with zero attached hydrogens (tertiary/aromatic N) is 2. The molecular formula is C15H30ClN3O2. The Morgan fingerprint density at radius 1 is 1.24 bits per heavy atom. The molecule has 1 amide bonds. The molecule has 2 rings (SSSR count). The van der Waals surface area contributed by atoms with Crippen molar-refractivity contribution in [3.8, 4) is 0 Å². The maximum Gasteiger partial charge on any atom is 0.225 e. The highest BCUT2D eigenvalue weighted by atomic mass is 35.5. The zero-order valence-corrected chi connectivity index (χ0v) is 14.2. The first-order valence-corrected chi connectivity index (χ1v) is 7.93. The van der Waals surface area contributed by atoms with Crippen molar-refractivity contribution in [3.05, 3.63) is 0 Å². The van der Waals surface area contributed by atoms with E-state index in [1.165, 1.54) is 25.7 Å². The van der Waals surface area contributed by atoms with Gasteiger partial charge in [0.15, 0.2) is 0 Å². The molecule has 0 aromatic heterocycles. The average molecular weight is 320 g/mol. The third-order valence-electron chi connectivity index (χ3n) is 4.28. The fourth-order valence-electron chi connectivity index (χ4n) is 3.10. The van der Waals surface area contributed by atoms with Crippen LogP contribution in [0.25, 0.3) is 0 Å². The van der Waals surface area contributed by atoms with Gasteiger partial charge in [-0.2, -0.15) is 0 Å². The molecule has 1 atom stereocenters. The Hall–Kier alpha value is -0.360. The highest BCUT2D eigenvalue weighted by Crippen LogP contribution is 2.24. The van der Waals surface area contributed by atoms with Crippen LogP contribution in [0.1, 0.15) is 32.1 Å². The molecular weight excluding hydrogens is 290 g/mol.